The predicted molar refractivity (Wildman–Crippen MR) is 73.9 cm³/mol. The first-order valence-corrected chi connectivity index (χ1v) is 5.82. The highest BCUT2D eigenvalue weighted by Crippen LogP contribution is 2.15. The number of rotatable bonds is 5. The quantitative estimate of drug-likeness (QED) is 0.788. The number of halogens is 1. The van der Waals surface area contributed by atoms with E-state index in [0.717, 1.165) is 0 Å². The van der Waals surface area contributed by atoms with E-state index in [-0.39, 0.29) is 10.8 Å². The van der Waals surface area contributed by atoms with Gasteiger partial charge in [0.25, 0.3) is 0 Å². The van der Waals surface area contributed by atoms with Crippen molar-refractivity contribution in [3.63, 3.8) is 0 Å². The van der Waals surface area contributed by atoms with Gasteiger partial charge in [-0.3, -0.25) is 0 Å². The van der Waals surface area contributed by atoms with Crippen molar-refractivity contribution in [2.75, 3.05) is 26.0 Å². The first-order valence-electron chi connectivity index (χ1n) is 5.41. The molecular weight excluding hydrogens is 237 g/mol. The van der Waals surface area contributed by atoms with Crippen LogP contribution in [0.5, 0.6) is 0 Å². The molecule has 0 aliphatic rings. The second-order valence-electron chi connectivity index (χ2n) is 4.25. The maximum Gasteiger partial charge on any atom is 0.146 e. The van der Waals surface area contributed by atoms with Gasteiger partial charge in [0.05, 0.1) is 5.69 Å². The van der Waals surface area contributed by atoms with Gasteiger partial charge in [-0.25, -0.2) is 4.39 Å². The van der Waals surface area contributed by atoms with Gasteiger partial charge in [-0.05, 0) is 39.2 Å². The highest BCUT2D eigenvalue weighted by Gasteiger charge is 2.08. The van der Waals surface area contributed by atoms with Gasteiger partial charge in [0.2, 0.25) is 0 Å². The molecule has 94 valence electrons. The highest BCUT2D eigenvalue weighted by atomic mass is 32.1. The van der Waals surface area contributed by atoms with Crippen molar-refractivity contribution in [2.45, 2.75) is 13.0 Å². The van der Waals surface area contributed by atoms with Crippen LogP contribution in [-0.2, 0) is 0 Å². The fourth-order valence-corrected chi connectivity index (χ4v) is 1.38. The molecular formula is C12H18FN3S. The van der Waals surface area contributed by atoms with Crippen LogP contribution in [0.4, 0.5) is 10.1 Å². The minimum absolute atomic E-state index is 0.206. The minimum Gasteiger partial charge on any atom is -0.389 e. The first-order chi connectivity index (χ1) is 7.91. The fraction of sp³-hybridized carbons (Fsp3) is 0.417. The van der Waals surface area contributed by atoms with Gasteiger partial charge < -0.3 is 16.0 Å². The molecule has 0 aliphatic heterocycles. The summed E-state index contributed by atoms with van der Waals surface area (Å²) in [6.07, 6.45) is 0. The lowest BCUT2D eigenvalue weighted by molar-refractivity contribution is 0.326. The summed E-state index contributed by atoms with van der Waals surface area (Å²) in [5.74, 6) is -0.332. The second-order valence-corrected chi connectivity index (χ2v) is 4.69. The zero-order valence-corrected chi connectivity index (χ0v) is 11.1. The highest BCUT2D eigenvalue weighted by molar-refractivity contribution is 7.80. The number of likely N-dealkylation sites (N-methyl/N-ethyl adjacent to an activating group) is 1. The van der Waals surface area contributed by atoms with Crippen molar-refractivity contribution in [3.8, 4) is 0 Å². The third-order valence-electron chi connectivity index (χ3n) is 2.72. The van der Waals surface area contributed by atoms with Crippen molar-refractivity contribution in [1.82, 2.24) is 4.90 Å². The number of hydrogen-bond donors (Lipinski definition) is 2. The van der Waals surface area contributed by atoms with E-state index in [9.17, 15) is 4.39 Å². The first kappa shape index (κ1) is 13.9. The molecule has 1 rings (SSSR count). The van der Waals surface area contributed by atoms with E-state index in [1.54, 1.807) is 12.1 Å². The summed E-state index contributed by atoms with van der Waals surface area (Å²) < 4.78 is 13.7. The van der Waals surface area contributed by atoms with Gasteiger partial charge in [0, 0.05) is 18.2 Å². The number of hydrogen-bond acceptors (Lipinski definition) is 3. The molecule has 0 amide bonds. The molecule has 0 aromatic heterocycles. The van der Waals surface area contributed by atoms with Gasteiger partial charge in [-0.15, -0.1) is 0 Å². The molecule has 0 fully saturated rings. The molecule has 17 heavy (non-hydrogen) atoms. The lowest BCUT2D eigenvalue weighted by Gasteiger charge is -2.20. The van der Waals surface area contributed by atoms with Gasteiger partial charge in [-0.1, -0.05) is 12.2 Å². The van der Waals surface area contributed by atoms with Gasteiger partial charge in [0.15, 0.2) is 0 Å². The molecule has 3 nitrogen and oxygen atoms in total. The molecule has 0 bridgehead atoms. The Kier molecular flexibility index (Phi) is 4.84. The molecule has 0 saturated carbocycles. The molecule has 1 unspecified atom stereocenters. The van der Waals surface area contributed by atoms with Crippen molar-refractivity contribution in [2.24, 2.45) is 5.73 Å². The summed E-state index contributed by atoms with van der Waals surface area (Å²) in [4.78, 5) is 2.27. The van der Waals surface area contributed by atoms with Crippen LogP contribution in [0.15, 0.2) is 18.2 Å². The number of nitrogens with one attached hydrogen (secondary N) is 1. The van der Waals surface area contributed by atoms with Crippen molar-refractivity contribution < 1.29 is 4.39 Å². The molecule has 0 spiro atoms. The number of thiocarbonyl (C=S) groups is 1. The minimum atomic E-state index is -0.332. The lowest BCUT2D eigenvalue weighted by Crippen LogP contribution is -2.31. The monoisotopic (exact) mass is 255 g/mol. The predicted octanol–water partition coefficient (Wildman–Crippen LogP) is 1.82. The molecule has 1 atom stereocenters. The summed E-state index contributed by atoms with van der Waals surface area (Å²) in [7, 11) is 3.97. The third kappa shape index (κ3) is 3.94. The Morgan fingerprint density at radius 3 is 2.65 bits per heavy atom. The van der Waals surface area contributed by atoms with Gasteiger partial charge in [-0.2, -0.15) is 0 Å². The molecule has 1 aromatic carbocycles. The largest absolute Gasteiger partial charge is 0.389 e. The smallest absolute Gasteiger partial charge is 0.146 e. The van der Waals surface area contributed by atoms with Gasteiger partial charge in [0.1, 0.15) is 10.8 Å². The maximum absolute atomic E-state index is 13.7. The zero-order chi connectivity index (χ0) is 13.0. The van der Waals surface area contributed by atoms with E-state index in [0.29, 0.717) is 23.8 Å². The lowest BCUT2D eigenvalue weighted by atomic mass is 10.2. The normalized spacial score (nSPS) is 12.5. The zero-order valence-electron chi connectivity index (χ0n) is 10.3. The molecule has 3 N–H and O–H groups in total. The van der Waals surface area contributed by atoms with Crippen LogP contribution in [-0.4, -0.2) is 36.6 Å². The SMILES string of the molecule is CC(CNc1ccc(C(N)=S)cc1F)N(C)C. The Bertz CT molecular complexity index is 407. The summed E-state index contributed by atoms with van der Waals surface area (Å²) in [6, 6.07) is 5.05. The average molecular weight is 255 g/mol. The van der Waals surface area contributed by atoms with Crippen molar-refractivity contribution in [3.05, 3.63) is 29.6 Å². The van der Waals surface area contributed by atoms with Crippen LogP contribution in [0.2, 0.25) is 0 Å². The second kappa shape index (κ2) is 5.93. The molecule has 5 heteroatoms. The maximum atomic E-state index is 13.7. The molecule has 1 aromatic rings. The number of anilines is 1. The van der Waals surface area contributed by atoms with E-state index < -0.39 is 0 Å². The molecule has 0 saturated heterocycles. The number of benzene rings is 1. The average Bonchev–Trinajstić information content (AvgIpc) is 2.26. The Labute approximate surface area is 107 Å². The van der Waals surface area contributed by atoms with Crippen molar-refractivity contribution in [1.29, 1.82) is 0 Å². The van der Waals surface area contributed by atoms with Crippen LogP contribution in [0, 0.1) is 5.82 Å². The van der Waals surface area contributed by atoms with Crippen LogP contribution >= 0.6 is 12.2 Å². The summed E-state index contributed by atoms with van der Waals surface area (Å²) in [6.45, 7) is 2.74. The Morgan fingerprint density at radius 2 is 2.18 bits per heavy atom. The summed E-state index contributed by atoms with van der Waals surface area (Å²) >= 11 is 4.79. The van der Waals surface area contributed by atoms with Crippen LogP contribution in [0.25, 0.3) is 0 Å². The fourth-order valence-electron chi connectivity index (χ4n) is 1.25. The summed E-state index contributed by atoms with van der Waals surface area (Å²) in [5.41, 5.74) is 6.45. The topological polar surface area (TPSA) is 41.3 Å². The van der Waals surface area contributed by atoms with Crippen molar-refractivity contribution >= 4 is 22.9 Å². The van der Waals surface area contributed by atoms with Crippen LogP contribution < -0.4 is 11.1 Å². The molecule has 0 aliphatic carbocycles. The Hall–Kier alpha value is -1.20. The van der Waals surface area contributed by atoms with E-state index in [2.05, 4.69) is 17.1 Å². The van der Waals surface area contributed by atoms with E-state index in [4.69, 9.17) is 18.0 Å². The summed E-state index contributed by atoms with van der Waals surface area (Å²) in [5, 5.41) is 3.06. The Morgan fingerprint density at radius 1 is 1.53 bits per heavy atom. The van der Waals surface area contributed by atoms with Crippen LogP contribution in [0.3, 0.4) is 0 Å². The van der Waals surface area contributed by atoms with E-state index in [1.165, 1.54) is 6.07 Å². The third-order valence-corrected chi connectivity index (χ3v) is 2.96. The number of nitrogens with zero attached hydrogens (tertiary/aromatic N) is 1. The van der Waals surface area contributed by atoms with E-state index in [1.807, 2.05) is 14.1 Å². The number of nitrogens with two attached hydrogens (primary N) is 1. The van der Waals surface area contributed by atoms with E-state index >= 15 is 0 Å². The molecule has 0 radical (unpaired) electrons. The van der Waals surface area contributed by atoms with Crippen LogP contribution in [0.1, 0.15) is 12.5 Å². The standard InChI is InChI=1S/C12H18FN3S/c1-8(16(2)3)7-15-11-5-4-9(12(14)17)6-10(11)13/h4-6,8,15H,7H2,1-3H3,(H2,14,17). The molecule has 0 heterocycles. The van der Waals surface area contributed by atoms with Gasteiger partial charge >= 0.3 is 0 Å². The Balaban J connectivity index is 2.70.